The van der Waals surface area contributed by atoms with Crippen LogP contribution in [-0.4, -0.2) is 132 Å². The smallest absolute Gasteiger partial charge is 0.410 e. The van der Waals surface area contributed by atoms with Crippen molar-refractivity contribution in [2.75, 3.05) is 59.0 Å². The van der Waals surface area contributed by atoms with Crippen LogP contribution in [0.1, 0.15) is 120 Å². The lowest BCUT2D eigenvalue weighted by molar-refractivity contribution is -0.249. The summed E-state index contributed by atoms with van der Waals surface area (Å²) in [5.41, 5.74) is -0.180. The van der Waals surface area contributed by atoms with E-state index in [1.54, 1.807) is 4.90 Å². The monoisotopic (exact) mass is 784 g/mol. The molecule has 9 aliphatic rings. The molecule has 5 aliphatic carbocycles. The number of carbonyl (C=O) groups excluding carboxylic acids is 1. The molecule has 3 unspecified atom stereocenters. The van der Waals surface area contributed by atoms with E-state index in [0.717, 1.165) is 84.6 Å². The van der Waals surface area contributed by atoms with Crippen LogP contribution in [0.3, 0.4) is 0 Å². The summed E-state index contributed by atoms with van der Waals surface area (Å²) in [5, 5.41) is 23.0. The highest BCUT2D eigenvalue weighted by Gasteiger charge is 2.84. The van der Waals surface area contributed by atoms with E-state index < -0.39 is 11.7 Å². The summed E-state index contributed by atoms with van der Waals surface area (Å²) >= 11 is 0. The molecule has 1 amide bonds. The number of hydrogen-bond donors (Lipinski definition) is 2. The van der Waals surface area contributed by atoms with Crippen molar-refractivity contribution in [3.8, 4) is 0 Å². The number of fused-ring (bicyclic) bond motifs is 4. The van der Waals surface area contributed by atoms with Gasteiger partial charge in [-0.25, -0.2) is 4.79 Å². The van der Waals surface area contributed by atoms with Gasteiger partial charge in [-0.1, -0.05) is 48.5 Å². The van der Waals surface area contributed by atoms with Gasteiger partial charge in [0.2, 0.25) is 0 Å². The summed E-state index contributed by atoms with van der Waals surface area (Å²) in [5.74, 6) is 2.57. The van der Waals surface area contributed by atoms with E-state index >= 15 is 0 Å². The zero-order valence-corrected chi connectivity index (χ0v) is 36.4. The molecule has 2 N–H and O–H groups in total. The van der Waals surface area contributed by atoms with Crippen LogP contribution in [0.4, 0.5) is 4.79 Å². The van der Waals surface area contributed by atoms with Crippen LogP contribution >= 0.6 is 0 Å². The Labute approximate surface area is 338 Å². The first-order chi connectivity index (χ1) is 26.3. The van der Waals surface area contributed by atoms with Gasteiger partial charge in [0.15, 0.2) is 6.29 Å². The Morgan fingerprint density at radius 3 is 2.34 bits per heavy atom. The van der Waals surface area contributed by atoms with E-state index in [1.165, 1.54) is 32.1 Å². The Hall–Kier alpha value is -1.01. The Balaban J connectivity index is 0.870. The number of aliphatic hydroxyl groups excluding tert-OH is 1. The molecule has 10 nitrogen and oxygen atoms in total. The van der Waals surface area contributed by atoms with Gasteiger partial charge in [0.05, 0.1) is 36.6 Å². The molecule has 0 aromatic carbocycles. The molecule has 0 aromatic heterocycles. The van der Waals surface area contributed by atoms with E-state index in [4.69, 9.17) is 18.9 Å². The van der Waals surface area contributed by atoms with Crippen molar-refractivity contribution in [2.24, 2.45) is 62.6 Å². The lowest BCUT2D eigenvalue weighted by atomic mass is 9.41. The highest BCUT2D eigenvalue weighted by atomic mass is 16.7. The van der Waals surface area contributed by atoms with E-state index in [2.05, 4.69) is 58.3 Å². The largest absolute Gasteiger partial charge is 0.443 e. The van der Waals surface area contributed by atoms with Gasteiger partial charge in [-0.15, -0.1) is 0 Å². The minimum atomic E-state index is -0.637. The van der Waals surface area contributed by atoms with Crippen LogP contribution in [0, 0.1) is 62.6 Å². The number of aliphatic hydroxyl groups is 2. The maximum atomic E-state index is 13.0. The second kappa shape index (κ2) is 13.8. The van der Waals surface area contributed by atoms with Crippen molar-refractivity contribution in [1.82, 2.24) is 14.7 Å². The normalized spacial score (nSPS) is 48.1. The number of likely N-dealkylation sites (tertiary alicyclic amines) is 2. The maximum Gasteiger partial charge on any atom is 0.410 e. The zero-order chi connectivity index (χ0) is 39.8. The number of carbonyl (C=O) groups is 1. The number of nitrogens with zero attached hydrogens (tertiary/aromatic N) is 3. The number of rotatable bonds is 9. The van der Waals surface area contributed by atoms with Gasteiger partial charge in [-0.3, -0.25) is 9.80 Å². The van der Waals surface area contributed by atoms with E-state index in [-0.39, 0.29) is 64.4 Å². The minimum absolute atomic E-state index is 0.00283. The standard InChI is InChI=1S/C46H77N3O7/c1-28(2)37(56-40(51)49-17-10-18-49)31-21-29(3)36-38(54-31)39(50)44(9)33-12-11-32-42(6,7)34(13-14-45(32)26-46(33,45)16-15-43(36,44)8)55-35-25-47(19-20-53-35)22-30-23-48(24-30)27-41(4,5)52/h28-39,50,52H,10-27H2,1-9H3/t29-,31?,32+,33?,34+,35+,36+,37-,38?,39+,43-,44-,45-,46+/m1/s1. The zero-order valence-electron chi connectivity index (χ0n) is 36.4. The third-order valence-corrected chi connectivity index (χ3v) is 18.7. The van der Waals surface area contributed by atoms with Crippen molar-refractivity contribution in [2.45, 2.75) is 163 Å². The lowest BCUT2D eigenvalue weighted by Crippen LogP contribution is -2.60. The van der Waals surface area contributed by atoms with Crippen molar-refractivity contribution < 1.29 is 34.0 Å². The molecular weight excluding hydrogens is 707 g/mol. The fourth-order valence-corrected chi connectivity index (χ4v) is 16.0. The summed E-state index contributed by atoms with van der Waals surface area (Å²) in [6.45, 7) is 28.5. The van der Waals surface area contributed by atoms with Gasteiger partial charge >= 0.3 is 6.09 Å². The fraction of sp³-hybridized carbons (Fsp3) is 0.978. The molecule has 0 bridgehead atoms. The molecular formula is C46H77N3O7. The van der Waals surface area contributed by atoms with Crippen LogP contribution in [0.2, 0.25) is 0 Å². The maximum absolute atomic E-state index is 13.0. The fourth-order valence-electron chi connectivity index (χ4n) is 16.0. The molecule has 5 saturated carbocycles. The predicted octanol–water partition coefficient (Wildman–Crippen LogP) is 6.41. The average Bonchev–Trinajstić information content (AvgIpc) is 3.71. The summed E-state index contributed by atoms with van der Waals surface area (Å²) in [6, 6.07) is 0. The molecule has 4 aliphatic heterocycles. The van der Waals surface area contributed by atoms with Crippen LogP contribution in [-0.2, 0) is 18.9 Å². The Morgan fingerprint density at radius 1 is 0.946 bits per heavy atom. The molecule has 318 valence electrons. The van der Waals surface area contributed by atoms with Crippen LogP contribution in [0.15, 0.2) is 0 Å². The van der Waals surface area contributed by atoms with Gasteiger partial charge in [0.25, 0.3) is 0 Å². The second-order valence-corrected chi connectivity index (χ2v) is 23.0. The molecule has 0 aromatic rings. The van der Waals surface area contributed by atoms with Crippen molar-refractivity contribution >= 4 is 6.09 Å². The van der Waals surface area contributed by atoms with Crippen molar-refractivity contribution in [3.05, 3.63) is 0 Å². The van der Waals surface area contributed by atoms with Crippen LogP contribution < -0.4 is 0 Å². The highest BCUT2D eigenvalue weighted by molar-refractivity contribution is 5.68. The molecule has 9 fully saturated rings. The third kappa shape index (κ3) is 6.04. The van der Waals surface area contributed by atoms with Crippen molar-refractivity contribution in [3.63, 3.8) is 0 Å². The first-order valence-electron chi connectivity index (χ1n) is 23.1. The number of hydrogen-bond acceptors (Lipinski definition) is 9. The Morgan fingerprint density at radius 2 is 1.66 bits per heavy atom. The SMILES string of the molecule is CC(C)[C@@H](OC(=O)N1CCC1)C1C[C@@H](C)[C@H]2C(O1)[C@H](O)[C@@]1(C)C3CC[C@H]4C(C)(C)[C@@H](O[C@H]5CN(CC6CN(CC(C)(C)O)C6)CCO5)CC[C@@]45C[C@@]35CC[C@]21C. The number of β-amino-alcohol motifs (C(OH)–C–C–N with tert-alkyl or cyclic N) is 1. The van der Waals surface area contributed by atoms with Gasteiger partial charge in [-0.2, -0.15) is 0 Å². The Bertz CT molecular complexity index is 1490. The topological polar surface area (TPSA) is 104 Å². The summed E-state index contributed by atoms with van der Waals surface area (Å²) in [4.78, 5) is 19.7. The first-order valence-corrected chi connectivity index (χ1v) is 23.1. The molecule has 4 saturated heterocycles. The molecule has 56 heavy (non-hydrogen) atoms. The van der Waals surface area contributed by atoms with Gasteiger partial charge < -0.3 is 34.1 Å². The molecule has 10 heteroatoms. The third-order valence-electron chi connectivity index (χ3n) is 18.7. The number of ether oxygens (including phenoxy) is 4. The minimum Gasteiger partial charge on any atom is -0.443 e. The van der Waals surface area contributed by atoms with Crippen LogP contribution in [0.5, 0.6) is 0 Å². The van der Waals surface area contributed by atoms with Gasteiger partial charge in [0, 0.05) is 57.8 Å². The van der Waals surface area contributed by atoms with Crippen LogP contribution in [0.25, 0.3) is 0 Å². The molecule has 14 atom stereocenters. The first kappa shape index (κ1) is 40.4. The molecule has 2 spiro atoms. The average molecular weight is 784 g/mol. The van der Waals surface area contributed by atoms with Crippen molar-refractivity contribution in [1.29, 1.82) is 0 Å². The quantitative estimate of drug-likeness (QED) is 0.275. The molecule has 4 heterocycles. The van der Waals surface area contributed by atoms with Gasteiger partial charge in [0.1, 0.15) is 6.10 Å². The summed E-state index contributed by atoms with van der Waals surface area (Å²) in [6.07, 6.45) is 8.88. The van der Waals surface area contributed by atoms with E-state index in [0.29, 0.717) is 35.0 Å². The predicted molar refractivity (Wildman–Crippen MR) is 215 cm³/mol. The number of morpholine rings is 1. The number of amides is 1. The lowest BCUT2D eigenvalue weighted by Gasteiger charge is -2.64. The summed E-state index contributed by atoms with van der Waals surface area (Å²) < 4.78 is 26.6. The highest BCUT2D eigenvalue weighted by Crippen LogP contribution is 2.89. The second-order valence-electron chi connectivity index (χ2n) is 23.0. The van der Waals surface area contributed by atoms with E-state index in [9.17, 15) is 15.0 Å². The van der Waals surface area contributed by atoms with Gasteiger partial charge in [-0.05, 0) is 129 Å². The van der Waals surface area contributed by atoms with E-state index in [1.807, 2.05) is 13.8 Å². The molecule has 0 radical (unpaired) electrons. The summed E-state index contributed by atoms with van der Waals surface area (Å²) in [7, 11) is 0. The molecule has 9 rings (SSSR count). The Kier molecular flexibility index (Phi) is 9.92.